The third-order valence-electron chi connectivity index (χ3n) is 3.64. The van der Waals surface area contributed by atoms with E-state index in [4.69, 9.17) is 0 Å². The van der Waals surface area contributed by atoms with Crippen molar-refractivity contribution in [2.24, 2.45) is 0 Å². The molecule has 3 rings (SSSR count). The number of nitrogens with zero attached hydrogens (tertiary/aromatic N) is 4. The molecule has 1 fully saturated rings. The van der Waals surface area contributed by atoms with Gasteiger partial charge in [-0.25, -0.2) is 13.1 Å². The van der Waals surface area contributed by atoms with Crippen LogP contribution in [0, 0.1) is 0 Å². The van der Waals surface area contributed by atoms with Gasteiger partial charge in [-0.05, 0) is 6.42 Å². The highest BCUT2D eigenvalue weighted by Crippen LogP contribution is 2.25. The van der Waals surface area contributed by atoms with E-state index in [0.29, 0.717) is 19.5 Å². The molecule has 0 radical (unpaired) electrons. The summed E-state index contributed by atoms with van der Waals surface area (Å²) >= 11 is 0. The average molecular weight is 306 g/mol. The van der Waals surface area contributed by atoms with Gasteiger partial charge in [0.2, 0.25) is 10.0 Å². The number of aromatic nitrogens is 3. The van der Waals surface area contributed by atoms with Crippen LogP contribution in [-0.2, 0) is 10.0 Å². The van der Waals surface area contributed by atoms with Gasteiger partial charge in [-0.1, -0.05) is 42.5 Å². The van der Waals surface area contributed by atoms with Crippen LogP contribution in [0.2, 0.25) is 0 Å². The molecule has 2 aromatic rings. The van der Waals surface area contributed by atoms with E-state index in [1.54, 1.807) is 4.68 Å². The van der Waals surface area contributed by atoms with Crippen LogP contribution in [-0.4, -0.2) is 46.6 Å². The lowest BCUT2D eigenvalue weighted by Gasteiger charge is -2.37. The molecule has 21 heavy (non-hydrogen) atoms. The van der Waals surface area contributed by atoms with Crippen LogP contribution in [0.4, 0.5) is 0 Å². The van der Waals surface area contributed by atoms with Gasteiger partial charge in [0.15, 0.2) is 0 Å². The molecule has 0 amide bonds. The lowest BCUT2D eigenvalue weighted by atomic mass is 10.1. The molecule has 2 heterocycles. The Balaban J connectivity index is 1.67. The highest BCUT2D eigenvalue weighted by atomic mass is 32.2. The summed E-state index contributed by atoms with van der Waals surface area (Å²) in [6.07, 6.45) is 2.52. The number of rotatable bonds is 5. The maximum absolute atomic E-state index is 11.9. The van der Waals surface area contributed by atoms with Crippen LogP contribution in [0.5, 0.6) is 0 Å². The van der Waals surface area contributed by atoms with E-state index in [0.717, 1.165) is 11.3 Å². The Morgan fingerprint density at radius 2 is 1.95 bits per heavy atom. The fourth-order valence-electron chi connectivity index (χ4n) is 2.39. The Bertz CT molecular complexity index is 706. The van der Waals surface area contributed by atoms with Gasteiger partial charge < -0.3 is 0 Å². The summed E-state index contributed by atoms with van der Waals surface area (Å²) in [5.74, 6) is 0.215. The van der Waals surface area contributed by atoms with E-state index in [1.807, 2.05) is 43.5 Å². The SMILES string of the molecule is CCCS(=O)(=O)N1CC(n2cc(-c3ccccc3)nn2)C1. The molecule has 0 spiro atoms. The number of hydrogen-bond donors (Lipinski definition) is 0. The van der Waals surface area contributed by atoms with Crippen molar-refractivity contribution < 1.29 is 8.42 Å². The molecular formula is C14H18N4O2S. The molecular weight excluding hydrogens is 288 g/mol. The number of sulfonamides is 1. The summed E-state index contributed by atoms with van der Waals surface area (Å²) in [5, 5.41) is 8.28. The van der Waals surface area contributed by atoms with Crippen LogP contribution in [0.3, 0.4) is 0 Å². The van der Waals surface area contributed by atoms with Crippen molar-refractivity contribution in [3.8, 4) is 11.3 Å². The highest BCUT2D eigenvalue weighted by molar-refractivity contribution is 7.89. The maximum Gasteiger partial charge on any atom is 0.214 e. The maximum atomic E-state index is 11.9. The first-order chi connectivity index (χ1) is 10.1. The quantitative estimate of drug-likeness (QED) is 0.840. The van der Waals surface area contributed by atoms with Crippen molar-refractivity contribution in [2.75, 3.05) is 18.8 Å². The largest absolute Gasteiger partial charge is 0.246 e. The zero-order chi connectivity index (χ0) is 14.9. The first kappa shape index (κ1) is 14.2. The number of benzene rings is 1. The van der Waals surface area contributed by atoms with Crippen molar-refractivity contribution >= 4 is 10.0 Å². The van der Waals surface area contributed by atoms with Crippen molar-refractivity contribution in [3.63, 3.8) is 0 Å². The Labute approximate surface area is 124 Å². The van der Waals surface area contributed by atoms with Crippen LogP contribution < -0.4 is 0 Å². The van der Waals surface area contributed by atoms with Crippen LogP contribution in [0.1, 0.15) is 19.4 Å². The van der Waals surface area contributed by atoms with Crippen molar-refractivity contribution in [1.82, 2.24) is 19.3 Å². The normalized spacial score (nSPS) is 16.8. The molecule has 0 aliphatic carbocycles. The van der Waals surface area contributed by atoms with E-state index in [-0.39, 0.29) is 11.8 Å². The minimum absolute atomic E-state index is 0.0848. The van der Waals surface area contributed by atoms with Crippen molar-refractivity contribution in [3.05, 3.63) is 36.5 Å². The summed E-state index contributed by atoms with van der Waals surface area (Å²) in [6.45, 7) is 2.85. The molecule has 0 saturated carbocycles. The standard InChI is InChI=1S/C14H18N4O2S/c1-2-8-21(19,20)17-9-13(10-17)18-11-14(15-16-18)12-6-4-3-5-7-12/h3-7,11,13H,2,8-10H2,1H3. The Morgan fingerprint density at radius 3 is 2.62 bits per heavy atom. The molecule has 1 saturated heterocycles. The number of hydrogen-bond acceptors (Lipinski definition) is 4. The van der Waals surface area contributed by atoms with E-state index >= 15 is 0 Å². The first-order valence-electron chi connectivity index (χ1n) is 7.05. The predicted molar refractivity (Wildman–Crippen MR) is 80.1 cm³/mol. The fraction of sp³-hybridized carbons (Fsp3) is 0.429. The summed E-state index contributed by atoms with van der Waals surface area (Å²) in [6, 6.07) is 9.91. The van der Waals surface area contributed by atoms with Crippen molar-refractivity contribution in [2.45, 2.75) is 19.4 Å². The summed E-state index contributed by atoms with van der Waals surface area (Å²) in [4.78, 5) is 0. The minimum atomic E-state index is -3.09. The molecule has 112 valence electrons. The lowest BCUT2D eigenvalue weighted by molar-refractivity contribution is 0.189. The molecule has 1 aromatic carbocycles. The monoisotopic (exact) mass is 306 g/mol. The Morgan fingerprint density at radius 1 is 1.24 bits per heavy atom. The van der Waals surface area contributed by atoms with E-state index in [1.165, 1.54) is 4.31 Å². The second kappa shape index (κ2) is 5.57. The molecule has 0 bridgehead atoms. The predicted octanol–water partition coefficient (Wildman–Crippen LogP) is 1.54. The summed E-state index contributed by atoms with van der Waals surface area (Å²) < 4.78 is 27.1. The van der Waals surface area contributed by atoms with Gasteiger partial charge in [0.25, 0.3) is 0 Å². The van der Waals surface area contributed by atoms with Crippen molar-refractivity contribution in [1.29, 1.82) is 0 Å². The van der Waals surface area contributed by atoms with Crippen LogP contribution in [0.25, 0.3) is 11.3 Å². The van der Waals surface area contributed by atoms with Gasteiger partial charge in [0.1, 0.15) is 5.69 Å². The topological polar surface area (TPSA) is 68.1 Å². The molecule has 1 aromatic heterocycles. The molecule has 0 atom stereocenters. The third kappa shape index (κ3) is 2.84. The van der Waals surface area contributed by atoms with Crippen LogP contribution in [0.15, 0.2) is 36.5 Å². The lowest BCUT2D eigenvalue weighted by Crippen LogP contribution is -2.51. The Hall–Kier alpha value is -1.73. The van der Waals surface area contributed by atoms with Gasteiger partial charge in [0, 0.05) is 18.7 Å². The second-order valence-corrected chi connectivity index (χ2v) is 7.33. The molecule has 6 nitrogen and oxygen atoms in total. The molecule has 1 aliphatic rings. The van der Waals surface area contributed by atoms with E-state index in [2.05, 4.69) is 10.3 Å². The molecule has 1 aliphatic heterocycles. The Kier molecular flexibility index (Phi) is 3.77. The average Bonchev–Trinajstić information content (AvgIpc) is 2.87. The van der Waals surface area contributed by atoms with Gasteiger partial charge >= 0.3 is 0 Å². The fourth-order valence-corrected chi connectivity index (χ4v) is 3.97. The van der Waals surface area contributed by atoms with E-state index < -0.39 is 10.0 Å². The van der Waals surface area contributed by atoms with Gasteiger partial charge in [-0.15, -0.1) is 5.10 Å². The third-order valence-corrected chi connectivity index (χ3v) is 5.65. The highest BCUT2D eigenvalue weighted by Gasteiger charge is 2.36. The first-order valence-corrected chi connectivity index (χ1v) is 8.66. The minimum Gasteiger partial charge on any atom is -0.246 e. The molecule has 0 N–H and O–H groups in total. The summed E-state index contributed by atoms with van der Waals surface area (Å²) in [7, 11) is -3.09. The second-order valence-electron chi connectivity index (χ2n) is 5.24. The van der Waals surface area contributed by atoms with Gasteiger partial charge in [0.05, 0.1) is 18.0 Å². The summed E-state index contributed by atoms with van der Waals surface area (Å²) in [5.41, 5.74) is 1.82. The zero-order valence-electron chi connectivity index (χ0n) is 11.9. The van der Waals surface area contributed by atoms with Crippen LogP contribution >= 0.6 is 0 Å². The zero-order valence-corrected chi connectivity index (χ0v) is 12.7. The molecule has 7 heteroatoms. The van der Waals surface area contributed by atoms with E-state index in [9.17, 15) is 8.42 Å². The molecule has 0 unspecified atom stereocenters. The smallest absolute Gasteiger partial charge is 0.214 e. The van der Waals surface area contributed by atoms with Gasteiger partial charge in [-0.2, -0.15) is 4.31 Å². The van der Waals surface area contributed by atoms with Gasteiger partial charge in [-0.3, -0.25) is 0 Å².